The van der Waals surface area contributed by atoms with Crippen molar-refractivity contribution < 1.29 is 9.53 Å². The minimum Gasteiger partial charge on any atom is -0.380 e. The number of urea groups is 1. The zero-order valence-corrected chi connectivity index (χ0v) is 14.1. The smallest absolute Gasteiger partial charge is 0.317 e. The van der Waals surface area contributed by atoms with Crippen molar-refractivity contribution in [2.24, 2.45) is 0 Å². The summed E-state index contributed by atoms with van der Waals surface area (Å²) in [6.45, 7) is 6.82. The summed E-state index contributed by atoms with van der Waals surface area (Å²) in [5.74, 6) is 0. The third-order valence-electron chi connectivity index (χ3n) is 3.85. The predicted octanol–water partition coefficient (Wildman–Crippen LogP) is 2.16. The standard InChI is InChI=1S/C16H22N4O2S/c1-2-22-12-7-17-15(21)19-8-10-20(11-9-19)16-18-13-5-3-4-6-14(13)23-16/h3-6H,2,7-12H2,1H3,(H,17,21). The van der Waals surface area contributed by atoms with Gasteiger partial charge in [0.15, 0.2) is 5.13 Å². The molecule has 0 saturated carbocycles. The lowest BCUT2D eigenvalue weighted by Gasteiger charge is -2.34. The topological polar surface area (TPSA) is 57.7 Å². The van der Waals surface area contributed by atoms with Crippen molar-refractivity contribution in [1.82, 2.24) is 15.2 Å². The molecule has 0 radical (unpaired) electrons. The Bertz CT molecular complexity index is 619. The van der Waals surface area contributed by atoms with E-state index in [2.05, 4.69) is 21.3 Å². The van der Waals surface area contributed by atoms with Crippen LogP contribution in [0.5, 0.6) is 0 Å². The maximum atomic E-state index is 12.1. The summed E-state index contributed by atoms with van der Waals surface area (Å²) in [4.78, 5) is 20.9. The van der Waals surface area contributed by atoms with Crippen LogP contribution in [-0.2, 0) is 4.74 Å². The lowest BCUT2D eigenvalue weighted by molar-refractivity contribution is 0.145. The van der Waals surface area contributed by atoms with Gasteiger partial charge in [-0.25, -0.2) is 9.78 Å². The van der Waals surface area contributed by atoms with E-state index in [0.29, 0.717) is 19.8 Å². The monoisotopic (exact) mass is 334 g/mol. The first kappa shape index (κ1) is 16.0. The zero-order valence-electron chi connectivity index (χ0n) is 13.3. The van der Waals surface area contributed by atoms with Gasteiger partial charge in [0.1, 0.15) is 0 Å². The Morgan fingerprint density at radius 2 is 2.09 bits per heavy atom. The molecule has 1 fully saturated rings. The van der Waals surface area contributed by atoms with Crippen LogP contribution in [-0.4, -0.2) is 61.9 Å². The van der Waals surface area contributed by atoms with Crippen LogP contribution in [0.4, 0.5) is 9.93 Å². The number of carbonyl (C=O) groups is 1. The van der Waals surface area contributed by atoms with Crippen molar-refractivity contribution in [2.45, 2.75) is 6.92 Å². The number of amides is 2. The maximum absolute atomic E-state index is 12.1. The second-order valence-electron chi connectivity index (χ2n) is 5.37. The summed E-state index contributed by atoms with van der Waals surface area (Å²) < 4.78 is 6.43. The number of piperazine rings is 1. The number of nitrogens with zero attached hydrogens (tertiary/aromatic N) is 3. The highest BCUT2D eigenvalue weighted by Crippen LogP contribution is 2.29. The van der Waals surface area contributed by atoms with Crippen molar-refractivity contribution in [2.75, 3.05) is 50.8 Å². The molecule has 7 heteroatoms. The lowest BCUT2D eigenvalue weighted by Crippen LogP contribution is -2.52. The van der Waals surface area contributed by atoms with Gasteiger partial charge < -0.3 is 19.9 Å². The quantitative estimate of drug-likeness (QED) is 0.852. The van der Waals surface area contributed by atoms with Gasteiger partial charge in [0.2, 0.25) is 0 Å². The van der Waals surface area contributed by atoms with Crippen molar-refractivity contribution in [1.29, 1.82) is 0 Å². The molecule has 6 nitrogen and oxygen atoms in total. The van der Waals surface area contributed by atoms with Crippen LogP contribution in [0.3, 0.4) is 0 Å². The van der Waals surface area contributed by atoms with Gasteiger partial charge in [0, 0.05) is 39.3 Å². The van der Waals surface area contributed by atoms with Crippen LogP contribution < -0.4 is 10.2 Å². The molecule has 0 bridgehead atoms. The number of thiazole rings is 1. The Morgan fingerprint density at radius 1 is 1.30 bits per heavy atom. The van der Waals surface area contributed by atoms with Crippen molar-refractivity contribution in [3.63, 3.8) is 0 Å². The number of hydrogen-bond donors (Lipinski definition) is 1. The van der Waals surface area contributed by atoms with Crippen LogP contribution >= 0.6 is 11.3 Å². The summed E-state index contributed by atoms with van der Waals surface area (Å²) >= 11 is 1.71. The fraction of sp³-hybridized carbons (Fsp3) is 0.500. The van der Waals surface area contributed by atoms with Crippen LogP contribution in [0.15, 0.2) is 24.3 Å². The summed E-state index contributed by atoms with van der Waals surface area (Å²) in [7, 11) is 0. The van der Waals surface area contributed by atoms with Gasteiger partial charge in [-0.2, -0.15) is 0 Å². The molecular formula is C16H22N4O2S. The Labute approximate surface area is 140 Å². The minimum atomic E-state index is -0.00588. The summed E-state index contributed by atoms with van der Waals surface area (Å²) in [6.07, 6.45) is 0. The number of fused-ring (bicyclic) bond motifs is 1. The Hall–Kier alpha value is -1.86. The fourth-order valence-corrected chi connectivity index (χ4v) is 3.60. The highest BCUT2D eigenvalue weighted by molar-refractivity contribution is 7.22. The minimum absolute atomic E-state index is 0.00588. The van der Waals surface area contributed by atoms with Crippen LogP contribution in [0, 0.1) is 0 Å². The lowest BCUT2D eigenvalue weighted by atomic mass is 10.3. The Balaban J connectivity index is 1.50. The molecule has 124 valence electrons. The Morgan fingerprint density at radius 3 is 2.83 bits per heavy atom. The highest BCUT2D eigenvalue weighted by atomic mass is 32.1. The Kier molecular flexibility index (Phi) is 5.30. The molecule has 0 spiro atoms. The molecule has 23 heavy (non-hydrogen) atoms. The molecule has 1 aromatic heterocycles. The summed E-state index contributed by atoms with van der Waals surface area (Å²) in [5, 5.41) is 3.94. The number of carbonyl (C=O) groups excluding carboxylic acids is 1. The zero-order chi connectivity index (χ0) is 16.1. The molecule has 0 aliphatic carbocycles. The van der Waals surface area contributed by atoms with E-state index in [1.54, 1.807) is 11.3 Å². The van der Waals surface area contributed by atoms with Gasteiger partial charge in [0.25, 0.3) is 0 Å². The largest absolute Gasteiger partial charge is 0.380 e. The first-order valence-corrected chi connectivity index (χ1v) is 8.80. The van der Waals surface area contributed by atoms with Crippen molar-refractivity contribution in [3.05, 3.63) is 24.3 Å². The molecule has 3 rings (SSSR count). The number of anilines is 1. The van der Waals surface area contributed by atoms with E-state index < -0.39 is 0 Å². The molecule has 1 aromatic carbocycles. The van der Waals surface area contributed by atoms with E-state index in [4.69, 9.17) is 4.74 Å². The number of ether oxygens (including phenoxy) is 1. The number of hydrogen-bond acceptors (Lipinski definition) is 5. The number of aromatic nitrogens is 1. The first-order valence-electron chi connectivity index (χ1n) is 7.99. The highest BCUT2D eigenvalue weighted by Gasteiger charge is 2.22. The molecule has 2 heterocycles. The fourth-order valence-electron chi connectivity index (χ4n) is 2.58. The molecule has 1 aliphatic heterocycles. The van der Waals surface area contributed by atoms with E-state index in [9.17, 15) is 4.79 Å². The summed E-state index contributed by atoms with van der Waals surface area (Å²) in [6, 6.07) is 8.18. The average Bonchev–Trinajstić information content (AvgIpc) is 3.03. The number of nitrogens with one attached hydrogen (secondary N) is 1. The molecular weight excluding hydrogens is 312 g/mol. The normalized spacial score (nSPS) is 15.2. The SMILES string of the molecule is CCOCCNC(=O)N1CCN(c2nc3ccccc3s2)CC1. The van der Waals surface area contributed by atoms with Crippen LogP contribution in [0.25, 0.3) is 10.2 Å². The average molecular weight is 334 g/mol. The van der Waals surface area contributed by atoms with Gasteiger partial charge in [-0.05, 0) is 19.1 Å². The second kappa shape index (κ2) is 7.61. The number of rotatable bonds is 5. The predicted molar refractivity (Wildman–Crippen MR) is 93.3 cm³/mol. The molecule has 2 aromatic rings. The number of para-hydroxylation sites is 1. The van der Waals surface area contributed by atoms with Gasteiger partial charge in [-0.3, -0.25) is 0 Å². The molecule has 2 amide bonds. The van der Waals surface area contributed by atoms with Crippen molar-refractivity contribution >= 4 is 32.7 Å². The summed E-state index contributed by atoms with van der Waals surface area (Å²) in [5.41, 5.74) is 1.04. The third kappa shape index (κ3) is 3.92. The first-order chi connectivity index (χ1) is 11.3. The van der Waals surface area contributed by atoms with Gasteiger partial charge in [-0.15, -0.1) is 0 Å². The molecule has 1 saturated heterocycles. The van der Waals surface area contributed by atoms with Crippen molar-refractivity contribution in [3.8, 4) is 0 Å². The van der Waals surface area contributed by atoms with Crippen LogP contribution in [0.2, 0.25) is 0 Å². The molecule has 1 N–H and O–H groups in total. The van der Waals surface area contributed by atoms with E-state index in [-0.39, 0.29) is 6.03 Å². The maximum Gasteiger partial charge on any atom is 0.317 e. The van der Waals surface area contributed by atoms with E-state index in [1.807, 2.05) is 30.0 Å². The van der Waals surface area contributed by atoms with Gasteiger partial charge in [-0.1, -0.05) is 23.5 Å². The van der Waals surface area contributed by atoms with E-state index in [0.717, 1.165) is 36.8 Å². The molecule has 0 unspecified atom stereocenters. The third-order valence-corrected chi connectivity index (χ3v) is 4.94. The van der Waals surface area contributed by atoms with Gasteiger partial charge in [0.05, 0.1) is 16.8 Å². The molecule has 1 aliphatic rings. The van der Waals surface area contributed by atoms with Gasteiger partial charge >= 0.3 is 6.03 Å². The molecule has 0 atom stereocenters. The van der Waals surface area contributed by atoms with E-state index >= 15 is 0 Å². The van der Waals surface area contributed by atoms with E-state index in [1.165, 1.54) is 4.70 Å². The number of benzene rings is 1. The second-order valence-corrected chi connectivity index (χ2v) is 6.38. The van der Waals surface area contributed by atoms with Crippen LogP contribution in [0.1, 0.15) is 6.92 Å².